The molecule has 3 N–H and O–H groups in total. The molecule has 1 aromatic rings. The summed E-state index contributed by atoms with van der Waals surface area (Å²) in [6.07, 6.45) is 2.37. The number of hydrogen-bond donors (Lipinski definition) is 2. The molecule has 0 bridgehead atoms. The second kappa shape index (κ2) is 6.18. The van der Waals surface area contributed by atoms with E-state index in [9.17, 15) is 9.59 Å². The highest BCUT2D eigenvalue weighted by Gasteiger charge is 2.26. The Morgan fingerprint density at radius 1 is 1.35 bits per heavy atom. The molecule has 1 aliphatic heterocycles. The van der Waals surface area contributed by atoms with E-state index in [4.69, 9.17) is 5.73 Å². The smallest absolute Gasteiger partial charge is 0.248 e. The molecule has 1 aliphatic rings. The number of nitrogens with two attached hydrogens (primary N) is 1. The molecule has 1 unspecified atom stereocenters. The predicted molar refractivity (Wildman–Crippen MR) is 79.2 cm³/mol. The number of ketones is 1. The Balaban J connectivity index is 2.53. The van der Waals surface area contributed by atoms with Gasteiger partial charge < -0.3 is 11.1 Å². The molecule has 0 aromatic heterocycles. The molecule has 1 fully saturated rings. The van der Waals surface area contributed by atoms with Crippen LogP contribution < -0.4 is 11.1 Å². The first-order valence-corrected chi connectivity index (χ1v) is 7.23. The van der Waals surface area contributed by atoms with Crippen LogP contribution in [0.5, 0.6) is 0 Å². The molecule has 4 nitrogen and oxygen atoms in total. The van der Waals surface area contributed by atoms with Crippen LogP contribution in [-0.4, -0.2) is 24.8 Å². The van der Waals surface area contributed by atoms with Crippen molar-refractivity contribution in [3.05, 3.63) is 34.4 Å². The minimum absolute atomic E-state index is 0.161. The van der Waals surface area contributed by atoms with Crippen molar-refractivity contribution < 1.29 is 9.59 Å². The fourth-order valence-corrected chi connectivity index (χ4v) is 3.03. The lowest BCUT2D eigenvalue weighted by atomic mass is 9.85. The van der Waals surface area contributed by atoms with Crippen molar-refractivity contribution in [2.45, 2.75) is 39.0 Å². The third kappa shape index (κ3) is 2.75. The maximum absolute atomic E-state index is 12.3. The average Bonchev–Trinajstić information content (AvgIpc) is 2.91. The molecule has 4 heteroatoms. The van der Waals surface area contributed by atoms with Crippen molar-refractivity contribution in [1.82, 2.24) is 5.32 Å². The Morgan fingerprint density at radius 2 is 2.05 bits per heavy atom. The highest BCUT2D eigenvalue weighted by molar-refractivity contribution is 6.01. The maximum atomic E-state index is 12.3. The van der Waals surface area contributed by atoms with Gasteiger partial charge in [0, 0.05) is 24.1 Å². The van der Waals surface area contributed by atoms with Crippen LogP contribution >= 0.6 is 0 Å². The van der Waals surface area contributed by atoms with Gasteiger partial charge in [0.15, 0.2) is 5.78 Å². The zero-order chi connectivity index (χ0) is 14.7. The first kappa shape index (κ1) is 14.7. The van der Waals surface area contributed by atoms with E-state index in [1.54, 1.807) is 12.1 Å². The number of carbonyl (C=O) groups excluding carboxylic acids is 2. The van der Waals surface area contributed by atoms with E-state index in [0.717, 1.165) is 42.6 Å². The summed E-state index contributed by atoms with van der Waals surface area (Å²) < 4.78 is 0. The second-order valence-corrected chi connectivity index (χ2v) is 5.43. The van der Waals surface area contributed by atoms with Crippen molar-refractivity contribution >= 4 is 11.7 Å². The van der Waals surface area contributed by atoms with Gasteiger partial charge in [-0.15, -0.1) is 0 Å². The summed E-state index contributed by atoms with van der Waals surface area (Å²) >= 11 is 0. The van der Waals surface area contributed by atoms with Crippen LogP contribution in [0, 0.1) is 6.92 Å². The first-order valence-electron chi connectivity index (χ1n) is 7.23. The van der Waals surface area contributed by atoms with Gasteiger partial charge in [0.25, 0.3) is 0 Å². The molecule has 1 heterocycles. The Labute approximate surface area is 119 Å². The van der Waals surface area contributed by atoms with Crippen LogP contribution in [0.3, 0.4) is 0 Å². The van der Waals surface area contributed by atoms with Gasteiger partial charge in [0.1, 0.15) is 0 Å². The van der Waals surface area contributed by atoms with Crippen molar-refractivity contribution in [2.24, 2.45) is 5.73 Å². The standard InChI is InChI=1S/C16H22N2O2/c1-3-4-14(19)13-6-5-12(16(17)20)10(2)15(13)11-7-8-18-9-11/h5-6,11,18H,3-4,7-9H2,1-2H3,(H2,17,20). The topological polar surface area (TPSA) is 72.2 Å². The second-order valence-electron chi connectivity index (χ2n) is 5.43. The molecular weight excluding hydrogens is 252 g/mol. The van der Waals surface area contributed by atoms with Crippen molar-refractivity contribution in [1.29, 1.82) is 0 Å². The van der Waals surface area contributed by atoms with Crippen LogP contribution in [0.25, 0.3) is 0 Å². The lowest BCUT2D eigenvalue weighted by Crippen LogP contribution is -2.18. The van der Waals surface area contributed by atoms with E-state index < -0.39 is 5.91 Å². The number of amides is 1. The van der Waals surface area contributed by atoms with Gasteiger partial charge >= 0.3 is 0 Å². The number of carbonyl (C=O) groups is 2. The zero-order valence-electron chi connectivity index (χ0n) is 12.2. The molecule has 1 aromatic carbocycles. The molecule has 0 aliphatic carbocycles. The van der Waals surface area contributed by atoms with E-state index in [-0.39, 0.29) is 5.78 Å². The summed E-state index contributed by atoms with van der Waals surface area (Å²) in [4.78, 5) is 23.8. The predicted octanol–water partition coefficient (Wildman–Crippen LogP) is 2.15. The lowest BCUT2D eigenvalue weighted by Gasteiger charge is -2.19. The van der Waals surface area contributed by atoms with Gasteiger partial charge in [-0.05, 0) is 49.4 Å². The molecule has 0 radical (unpaired) electrons. The fourth-order valence-electron chi connectivity index (χ4n) is 3.03. The molecule has 2 rings (SSSR count). The van der Waals surface area contributed by atoms with E-state index in [1.165, 1.54) is 0 Å². The summed E-state index contributed by atoms with van der Waals surface area (Å²) in [6.45, 7) is 5.71. The number of hydrogen-bond acceptors (Lipinski definition) is 3. The van der Waals surface area contributed by atoms with Gasteiger partial charge in [-0.1, -0.05) is 13.0 Å². The normalized spacial score (nSPS) is 18.2. The van der Waals surface area contributed by atoms with Crippen molar-refractivity contribution in [2.75, 3.05) is 13.1 Å². The molecule has 108 valence electrons. The highest BCUT2D eigenvalue weighted by atomic mass is 16.1. The summed E-state index contributed by atoms with van der Waals surface area (Å²) in [7, 11) is 0. The van der Waals surface area contributed by atoms with Gasteiger partial charge in [-0.3, -0.25) is 9.59 Å². The Kier molecular flexibility index (Phi) is 4.55. The lowest BCUT2D eigenvalue weighted by molar-refractivity contribution is 0.0974. The van der Waals surface area contributed by atoms with Crippen LogP contribution in [0.15, 0.2) is 12.1 Å². The van der Waals surface area contributed by atoms with E-state index in [2.05, 4.69) is 5.32 Å². The molecule has 1 saturated heterocycles. The van der Waals surface area contributed by atoms with Gasteiger partial charge in [0.05, 0.1) is 0 Å². The van der Waals surface area contributed by atoms with Crippen molar-refractivity contribution in [3.8, 4) is 0 Å². The third-order valence-electron chi connectivity index (χ3n) is 4.03. The largest absolute Gasteiger partial charge is 0.366 e. The Hall–Kier alpha value is -1.68. The Morgan fingerprint density at radius 3 is 2.60 bits per heavy atom. The third-order valence-corrected chi connectivity index (χ3v) is 4.03. The number of benzene rings is 1. The maximum Gasteiger partial charge on any atom is 0.248 e. The van der Waals surface area contributed by atoms with Crippen LogP contribution in [0.1, 0.15) is 63.9 Å². The van der Waals surface area contributed by atoms with Gasteiger partial charge in [0.2, 0.25) is 5.91 Å². The van der Waals surface area contributed by atoms with Crippen LogP contribution in [-0.2, 0) is 0 Å². The number of rotatable bonds is 5. The van der Waals surface area contributed by atoms with E-state index in [0.29, 0.717) is 17.9 Å². The number of Topliss-reactive ketones (excluding diaryl/α,β-unsaturated/α-hetero) is 1. The van der Waals surface area contributed by atoms with Crippen molar-refractivity contribution in [3.63, 3.8) is 0 Å². The van der Waals surface area contributed by atoms with Crippen LogP contribution in [0.2, 0.25) is 0 Å². The summed E-state index contributed by atoms with van der Waals surface area (Å²) in [5, 5.41) is 3.32. The minimum Gasteiger partial charge on any atom is -0.366 e. The average molecular weight is 274 g/mol. The van der Waals surface area contributed by atoms with Crippen LogP contribution in [0.4, 0.5) is 0 Å². The molecule has 1 atom stereocenters. The molecule has 0 saturated carbocycles. The summed E-state index contributed by atoms with van der Waals surface area (Å²) in [6, 6.07) is 3.46. The van der Waals surface area contributed by atoms with E-state index in [1.807, 2.05) is 13.8 Å². The summed E-state index contributed by atoms with van der Waals surface area (Å²) in [5.74, 6) is 0.0304. The van der Waals surface area contributed by atoms with Gasteiger partial charge in [-0.25, -0.2) is 0 Å². The zero-order valence-corrected chi connectivity index (χ0v) is 12.2. The molecule has 0 spiro atoms. The number of nitrogens with one attached hydrogen (secondary N) is 1. The minimum atomic E-state index is -0.427. The SMILES string of the molecule is CCCC(=O)c1ccc(C(N)=O)c(C)c1C1CCNC1. The number of primary amides is 1. The quantitative estimate of drug-likeness (QED) is 0.808. The van der Waals surface area contributed by atoms with E-state index >= 15 is 0 Å². The van der Waals surface area contributed by atoms with Gasteiger partial charge in [-0.2, -0.15) is 0 Å². The molecule has 20 heavy (non-hydrogen) atoms. The Bertz CT molecular complexity index is 532. The molecular formula is C16H22N2O2. The fraction of sp³-hybridized carbons (Fsp3) is 0.500. The molecule has 1 amide bonds. The summed E-state index contributed by atoms with van der Waals surface area (Å²) in [5.41, 5.74) is 8.61. The monoisotopic (exact) mass is 274 g/mol. The highest BCUT2D eigenvalue weighted by Crippen LogP contribution is 2.31. The first-order chi connectivity index (χ1) is 9.56.